The second-order valence-electron chi connectivity index (χ2n) is 4.28. The summed E-state index contributed by atoms with van der Waals surface area (Å²) in [6, 6.07) is -0.375. The van der Waals surface area contributed by atoms with Gasteiger partial charge in [0.05, 0.1) is 6.04 Å². The van der Waals surface area contributed by atoms with Gasteiger partial charge < -0.3 is 15.8 Å². The normalized spacial score (nSPS) is 18.3. The molecule has 1 aliphatic carbocycles. The van der Waals surface area contributed by atoms with Crippen molar-refractivity contribution < 1.29 is 9.53 Å². The minimum absolute atomic E-state index is 0.0157. The second-order valence-corrected chi connectivity index (χ2v) is 4.28. The molecule has 0 heterocycles. The van der Waals surface area contributed by atoms with Gasteiger partial charge in [-0.1, -0.05) is 6.42 Å². The molecular formula is C11H22N2O2. The molecule has 3 N–H and O–H groups in total. The molecule has 0 saturated heterocycles. The van der Waals surface area contributed by atoms with Gasteiger partial charge in [0, 0.05) is 20.3 Å². The number of carbonyl (C=O) groups is 1. The summed E-state index contributed by atoms with van der Waals surface area (Å²) >= 11 is 0. The molecule has 1 unspecified atom stereocenters. The van der Waals surface area contributed by atoms with Crippen molar-refractivity contribution in [3.63, 3.8) is 0 Å². The maximum atomic E-state index is 11.5. The Morgan fingerprint density at radius 3 is 2.87 bits per heavy atom. The Morgan fingerprint density at radius 2 is 2.33 bits per heavy atom. The Bertz CT molecular complexity index is 193. The molecule has 0 aliphatic heterocycles. The van der Waals surface area contributed by atoms with Gasteiger partial charge in [-0.3, -0.25) is 4.79 Å². The SMILES string of the molecule is COCCCC(N)C(=O)NCC1CCC1. The molecule has 0 aromatic carbocycles. The highest BCUT2D eigenvalue weighted by atomic mass is 16.5. The van der Waals surface area contributed by atoms with E-state index in [1.807, 2.05) is 0 Å². The zero-order valence-electron chi connectivity index (χ0n) is 9.50. The zero-order chi connectivity index (χ0) is 11.1. The molecule has 1 amide bonds. The van der Waals surface area contributed by atoms with Gasteiger partial charge in [0.15, 0.2) is 0 Å². The van der Waals surface area contributed by atoms with Gasteiger partial charge in [0.25, 0.3) is 0 Å². The van der Waals surface area contributed by atoms with Crippen LogP contribution in [0.3, 0.4) is 0 Å². The average Bonchev–Trinajstić information content (AvgIpc) is 2.15. The third-order valence-electron chi connectivity index (χ3n) is 2.99. The van der Waals surface area contributed by atoms with E-state index in [4.69, 9.17) is 10.5 Å². The van der Waals surface area contributed by atoms with E-state index in [1.165, 1.54) is 19.3 Å². The van der Waals surface area contributed by atoms with Gasteiger partial charge in [0.2, 0.25) is 5.91 Å². The quantitative estimate of drug-likeness (QED) is 0.612. The van der Waals surface area contributed by atoms with Gasteiger partial charge in [-0.15, -0.1) is 0 Å². The van der Waals surface area contributed by atoms with Gasteiger partial charge in [-0.2, -0.15) is 0 Å². The topological polar surface area (TPSA) is 64.3 Å². The molecule has 0 radical (unpaired) electrons. The molecule has 1 saturated carbocycles. The molecule has 1 fully saturated rings. The number of hydrogen-bond acceptors (Lipinski definition) is 3. The van der Waals surface area contributed by atoms with E-state index >= 15 is 0 Å². The van der Waals surface area contributed by atoms with Crippen LogP contribution in [0.4, 0.5) is 0 Å². The van der Waals surface area contributed by atoms with Gasteiger partial charge in [-0.25, -0.2) is 0 Å². The molecule has 0 spiro atoms. The average molecular weight is 214 g/mol. The largest absolute Gasteiger partial charge is 0.385 e. The smallest absolute Gasteiger partial charge is 0.236 e. The highest BCUT2D eigenvalue weighted by molar-refractivity contribution is 5.81. The number of rotatable bonds is 7. The molecular weight excluding hydrogens is 192 g/mol. The fourth-order valence-corrected chi connectivity index (χ4v) is 1.65. The first-order chi connectivity index (χ1) is 7.24. The summed E-state index contributed by atoms with van der Waals surface area (Å²) < 4.78 is 4.91. The Hall–Kier alpha value is -0.610. The van der Waals surface area contributed by atoms with Crippen molar-refractivity contribution in [1.29, 1.82) is 0 Å². The summed E-state index contributed by atoms with van der Waals surface area (Å²) in [5.74, 6) is 0.679. The highest BCUT2D eigenvalue weighted by Gasteiger charge is 2.19. The van der Waals surface area contributed by atoms with E-state index in [2.05, 4.69) is 5.32 Å². The van der Waals surface area contributed by atoms with E-state index in [9.17, 15) is 4.79 Å². The number of hydrogen-bond donors (Lipinski definition) is 2. The van der Waals surface area contributed by atoms with Gasteiger partial charge in [-0.05, 0) is 31.6 Å². The number of methoxy groups -OCH3 is 1. The molecule has 0 aromatic rings. The van der Waals surface area contributed by atoms with E-state index in [0.29, 0.717) is 18.9 Å². The predicted molar refractivity (Wildman–Crippen MR) is 59.4 cm³/mol. The summed E-state index contributed by atoms with van der Waals surface area (Å²) in [4.78, 5) is 11.5. The Labute approximate surface area is 91.5 Å². The predicted octanol–water partition coefficient (Wildman–Crippen LogP) is 0.657. The molecule has 0 aromatic heterocycles. The van der Waals surface area contributed by atoms with Crippen LogP contribution in [0, 0.1) is 5.92 Å². The number of amides is 1. The molecule has 0 bridgehead atoms. The number of carbonyl (C=O) groups excluding carboxylic acids is 1. The van der Waals surface area contributed by atoms with Crippen molar-refractivity contribution in [3.8, 4) is 0 Å². The molecule has 1 rings (SSSR count). The van der Waals surface area contributed by atoms with Crippen LogP contribution in [-0.4, -0.2) is 32.2 Å². The Morgan fingerprint density at radius 1 is 1.60 bits per heavy atom. The maximum absolute atomic E-state index is 11.5. The lowest BCUT2D eigenvalue weighted by Crippen LogP contribution is -2.43. The van der Waals surface area contributed by atoms with Crippen molar-refractivity contribution >= 4 is 5.91 Å². The molecule has 1 atom stereocenters. The van der Waals surface area contributed by atoms with Crippen molar-refractivity contribution in [2.45, 2.75) is 38.1 Å². The van der Waals surface area contributed by atoms with Gasteiger partial charge in [0.1, 0.15) is 0 Å². The lowest BCUT2D eigenvalue weighted by molar-refractivity contribution is -0.122. The first-order valence-electron chi connectivity index (χ1n) is 5.76. The number of nitrogens with two attached hydrogens (primary N) is 1. The van der Waals surface area contributed by atoms with Crippen molar-refractivity contribution in [3.05, 3.63) is 0 Å². The summed E-state index contributed by atoms with van der Waals surface area (Å²) in [7, 11) is 1.65. The van der Waals surface area contributed by atoms with E-state index in [1.54, 1.807) is 7.11 Å². The highest BCUT2D eigenvalue weighted by Crippen LogP contribution is 2.25. The van der Waals surface area contributed by atoms with Crippen LogP contribution in [0.5, 0.6) is 0 Å². The van der Waals surface area contributed by atoms with Crippen molar-refractivity contribution in [2.75, 3.05) is 20.3 Å². The molecule has 4 heteroatoms. The third-order valence-corrected chi connectivity index (χ3v) is 2.99. The fourth-order valence-electron chi connectivity index (χ4n) is 1.65. The van der Waals surface area contributed by atoms with Crippen LogP contribution in [0.2, 0.25) is 0 Å². The summed E-state index contributed by atoms with van der Waals surface area (Å²) in [6.45, 7) is 1.47. The minimum Gasteiger partial charge on any atom is -0.385 e. The van der Waals surface area contributed by atoms with Crippen LogP contribution < -0.4 is 11.1 Å². The molecule has 4 nitrogen and oxygen atoms in total. The molecule has 88 valence electrons. The summed E-state index contributed by atoms with van der Waals surface area (Å²) in [6.07, 6.45) is 5.34. The van der Waals surface area contributed by atoms with E-state index in [0.717, 1.165) is 13.0 Å². The van der Waals surface area contributed by atoms with Crippen molar-refractivity contribution in [2.24, 2.45) is 11.7 Å². The van der Waals surface area contributed by atoms with E-state index in [-0.39, 0.29) is 11.9 Å². The summed E-state index contributed by atoms with van der Waals surface area (Å²) in [5, 5.41) is 2.91. The number of nitrogens with one attached hydrogen (secondary N) is 1. The number of ether oxygens (including phenoxy) is 1. The lowest BCUT2D eigenvalue weighted by atomic mass is 9.85. The molecule has 1 aliphatic rings. The first kappa shape index (κ1) is 12.5. The van der Waals surface area contributed by atoms with Crippen LogP contribution in [0.1, 0.15) is 32.1 Å². The monoisotopic (exact) mass is 214 g/mol. The Kier molecular flexibility index (Phi) is 5.65. The fraction of sp³-hybridized carbons (Fsp3) is 0.909. The van der Waals surface area contributed by atoms with Crippen molar-refractivity contribution in [1.82, 2.24) is 5.32 Å². The van der Waals surface area contributed by atoms with E-state index < -0.39 is 0 Å². The summed E-state index contributed by atoms with van der Waals surface area (Å²) in [5.41, 5.74) is 5.74. The van der Waals surface area contributed by atoms with Crippen LogP contribution >= 0.6 is 0 Å². The molecule has 15 heavy (non-hydrogen) atoms. The van der Waals surface area contributed by atoms with Crippen LogP contribution in [0.15, 0.2) is 0 Å². The zero-order valence-corrected chi connectivity index (χ0v) is 9.50. The maximum Gasteiger partial charge on any atom is 0.236 e. The first-order valence-corrected chi connectivity index (χ1v) is 5.76. The standard InChI is InChI=1S/C11H22N2O2/c1-15-7-3-6-10(12)11(14)13-8-9-4-2-5-9/h9-10H,2-8,12H2,1H3,(H,13,14). The lowest BCUT2D eigenvalue weighted by Gasteiger charge is -2.26. The van der Waals surface area contributed by atoms with Crippen LogP contribution in [-0.2, 0) is 9.53 Å². The third kappa shape index (κ3) is 4.62. The minimum atomic E-state index is -0.375. The van der Waals surface area contributed by atoms with Crippen LogP contribution in [0.25, 0.3) is 0 Å². The van der Waals surface area contributed by atoms with Gasteiger partial charge >= 0.3 is 0 Å². The second kappa shape index (κ2) is 6.80. The Balaban J connectivity index is 2.03.